The van der Waals surface area contributed by atoms with Gasteiger partial charge < -0.3 is 10.1 Å². The third-order valence-electron chi connectivity index (χ3n) is 3.48. The Morgan fingerprint density at radius 3 is 2.75 bits per heavy atom. The third kappa shape index (κ3) is 4.04. The Bertz CT molecular complexity index is 185. The Balaban J connectivity index is 2.47. The van der Waals surface area contributed by atoms with Crippen LogP contribution in [0.3, 0.4) is 0 Å². The maximum absolute atomic E-state index is 5.36. The summed E-state index contributed by atoms with van der Waals surface area (Å²) in [6, 6.07) is 1.87. The Hall–Kier alpha value is -0.120. The molecule has 3 heteroatoms. The first-order valence-corrected chi connectivity index (χ1v) is 6.67. The smallest absolute Gasteiger partial charge is 0.0630 e. The van der Waals surface area contributed by atoms with Crippen LogP contribution in [0.4, 0.5) is 0 Å². The molecular weight excluding hydrogens is 200 g/mol. The standard InChI is InChI=1S/C13H28N2O/c1-5-12-7-6-8-15(12)13(10-16-4)9-14-11(2)3/h11-14H,5-10H2,1-4H3. The molecular formula is C13H28N2O. The molecule has 96 valence electrons. The molecule has 0 aliphatic carbocycles. The van der Waals surface area contributed by atoms with Gasteiger partial charge in [0.15, 0.2) is 0 Å². The normalized spacial score (nSPS) is 24.2. The van der Waals surface area contributed by atoms with Crippen LogP contribution in [0.25, 0.3) is 0 Å². The second-order valence-corrected chi connectivity index (χ2v) is 5.11. The highest BCUT2D eigenvalue weighted by Crippen LogP contribution is 2.22. The third-order valence-corrected chi connectivity index (χ3v) is 3.48. The predicted molar refractivity (Wildman–Crippen MR) is 68.8 cm³/mol. The number of methoxy groups -OCH3 is 1. The van der Waals surface area contributed by atoms with Crippen molar-refractivity contribution in [3.8, 4) is 0 Å². The Morgan fingerprint density at radius 2 is 2.19 bits per heavy atom. The lowest BCUT2D eigenvalue weighted by molar-refractivity contribution is 0.0789. The first-order chi connectivity index (χ1) is 7.69. The average molecular weight is 228 g/mol. The summed E-state index contributed by atoms with van der Waals surface area (Å²) in [5.41, 5.74) is 0. The summed E-state index contributed by atoms with van der Waals surface area (Å²) in [5, 5.41) is 3.53. The Kier molecular flexibility index (Phi) is 6.32. The van der Waals surface area contributed by atoms with E-state index in [4.69, 9.17) is 4.74 Å². The largest absolute Gasteiger partial charge is 0.383 e. The van der Waals surface area contributed by atoms with Crippen molar-refractivity contribution in [1.29, 1.82) is 0 Å². The van der Waals surface area contributed by atoms with Crippen molar-refractivity contribution in [2.45, 2.75) is 58.2 Å². The molecule has 0 saturated carbocycles. The second kappa shape index (κ2) is 7.25. The van der Waals surface area contributed by atoms with Crippen LogP contribution in [0.2, 0.25) is 0 Å². The van der Waals surface area contributed by atoms with Gasteiger partial charge in [-0.2, -0.15) is 0 Å². The molecule has 0 radical (unpaired) electrons. The Morgan fingerprint density at radius 1 is 1.44 bits per heavy atom. The molecule has 0 aromatic heterocycles. The van der Waals surface area contributed by atoms with E-state index in [1.54, 1.807) is 7.11 Å². The summed E-state index contributed by atoms with van der Waals surface area (Å²) in [7, 11) is 1.80. The number of ether oxygens (including phenoxy) is 1. The molecule has 1 N–H and O–H groups in total. The zero-order valence-electron chi connectivity index (χ0n) is 11.3. The van der Waals surface area contributed by atoms with E-state index in [2.05, 4.69) is 31.0 Å². The molecule has 1 saturated heterocycles. The van der Waals surface area contributed by atoms with E-state index in [1.807, 2.05) is 0 Å². The van der Waals surface area contributed by atoms with Gasteiger partial charge in [0.25, 0.3) is 0 Å². The highest BCUT2D eigenvalue weighted by atomic mass is 16.5. The number of rotatable bonds is 7. The van der Waals surface area contributed by atoms with Gasteiger partial charge in [-0.25, -0.2) is 0 Å². The number of hydrogen-bond donors (Lipinski definition) is 1. The van der Waals surface area contributed by atoms with Gasteiger partial charge in [-0.05, 0) is 25.8 Å². The number of nitrogens with one attached hydrogen (secondary N) is 1. The van der Waals surface area contributed by atoms with E-state index < -0.39 is 0 Å². The lowest BCUT2D eigenvalue weighted by atomic mass is 10.1. The highest BCUT2D eigenvalue weighted by Gasteiger charge is 2.29. The zero-order valence-corrected chi connectivity index (χ0v) is 11.3. The van der Waals surface area contributed by atoms with Crippen molar-refractivity contribution in [3.05, 3.63) is 0 Å². The Labute approximate surface area is 101 Å². The molecule has 3 nitrogen and oxygen atoms in total. The van der Waals surface area contributed by atoms with Crippen LogP contribution in [0.15, 0.2) is 0 Å². The average Bonchev–Trinajstić information content (AvgIpc) is 2.71. The lowest BCUT2D eigenvalue weighted by Crippen LogP contribution is -2.48. The van der Waals surface area contributed by atoms with E-state index in [1.165, 1.54) is 25.8 Å². The zero-order chi connectivity index (χ0) is 12.0. The van der Waals surface area contributed by atoms with Gasteiger partial charge in [0, 0.05) is 31.8 Å². The fraction of sp³-hybridized carbons (Fsp3) is 1.00. The summed E-state index contributed by atoms with van der Waals surface area (Å²) >= 11 is 0. The van der Waals surface area contributed by atoms with Gasteiger partial charge in [0.05, 0.1) is 6.61 Å². The fourth-order valence-corrected chi connectivity index (χ4v) is 2.61. The van der Waals surface area contributed by atoms with Gasteiger partial charge in [-0.3, -0.25) is 4.90 Å². The molecule has 0 bridgehead atoms. The van der Waals surface area contributed by atoms with Crippen molar-refractivity contribution < 1.29 is 4.74 Å². The number of hydrogen-bond acceptors (Lipinski definition) is 3. The molecule has 1 aliphatic heterocycles. The molecule has 0 aromatic rings. The van der Waals surface area contributed by atoms with Gasteiger partial charge >= 0.3 is 0 Å². The SMILES string of the molecule is CCC1CCCN1C(CNC(C)C)COC. The highest BCUT2D eigenvalue weighted by molar-refractivity contribution is 4.85. The maximum atomic E-state index is 5.36. The molecule has 2 atom stereocenters. The first-order valence-electron chi connectivity index (χ1n) is 6.67. The van der Waals surface area contributed by atoms with E-state index >= 15 is 0 Å². The number of nitrogens with zero attached hydrogens (tertiary/aromatic N) is 1. The quantitative estimate of drug-likeness (QED) is 0.720. The van der Waals surface area contributed by atoms with Gasteiger partial charge in [0.2, 0.25) is 0 Å². The molecule has 1 aliphatic rings. The number of likely N-dealkylation sites (tertiary alicyclic amines) is 1. The van der Waals surface area contributed by atoms with E-state index in [0.29, 0.717) is 12.1 Å². The van der Waals surface area contributed by atoms with Crippen LogP contribution in [0.5, 0.6) is 0 Å². The van der Waals surface area contributed by atoms with Crippen LogP contribution in [-0.2, 0) is 4.74 Å². The van der Waals surface area contributed by atoms with E-state index in [-0.39, 0.29) is 0 Å². The van der Waals surface area contributed by atoms with Crippen LogP contribution in [-0.4, -0.2) is 49.8 Å². The van der Waals surface area contributed by atoms with Crippen molar-refractivity contribution in [1.82, 2.24) is 10.2 Å². The maximum Gasteiger partial charge on any atom is 0.0630 e. The summed E-state index contributed by atoms with van der Waals surface area (Å²) in [6.07, 6.45) is 3.97. The topological polar surface area (TPSA) is 24.5 Å². The van der Waals surface area contributed by atoms with Crippen LogP contribution >= 0.6 is 0 Å². The monoisotopic (exact) mass is 228 g/mol. The van der Waals surface area contributed by atoms with Crippen LogP contribution in [0, 0.1) is 0 Å². The van der Waals surface area contributed by atoms with Gasteiger partial charge in [0.1, 0.15) is 0 Å². The second-order valence-electron chi connectivity index (χ2n) is 5.11. The molecule has 16 heavy (non-hydrogen) atoms. The summed E-state index contributed by atoms with van der Waals surface area (Å²) in [5.74, 6) is 0. The molecule has 1 rings (SSSR count). The molecule has 0 aromatic carbocycles. The van der Waals surface area contributed by atoms with Crippen LogP contribution in [0.1, 0.15) is 40.0 Å². The summed E-state index contributed by atoms with van der Waals surface area (Å²) in [4.78, 5) is 2.64. The van der Waals surface area contributed by atoms with Crippen molar-refractivity contribution in [2.24, 2.45) is 0 Å². The van der Waals surface area contributed by atoms with Crippen molar-refractivity contribution in [3.63, 3.8) is 0 Å². The van der Waals surface area contributed by atoms with Crippen molar-refractivity contribution in [2.75, 3.05) is 26.8 Å². The van der Waals surface area contributed by atoms with E-state index in [9.17, 15) is 0 Å². The molecule has 1 heterocycles. The lowest BCUT2D eigenvalue weighted by Gasteiger charge is -2.33. The predicted octanol–water partition coefficient (Wildman–Crippen LogP) is 1.87. The van der Waals surface area contributed by atoms with E-state index in [0.717, 1.165) is 19.2 Å². The molecule has 2 unspecified atom stereocenters. The van der Waals surface area contributed by atoms with Gasteiger partial charge in [-0.1, -0.05) is 20.8 Å². The first kappa shape index (κ1) is 13.9. The summed E-state index contributed by atoms with van der Waals surface area (Å²) in [6.45, 7) is 9.82. The molecule has 0 amide bonds. The molecule has 0 spiro atoms. The minimum Gasteiger partial charge on any atom is -0.383 e. The fourth-order valence-electron chi connectivity index (χ4n) is 2.61. The van der Waals surface area contributed by atoms with Crippen molar-refractivity contribution >= 4 is 0 Å². The van der Waals surface area contributed by atoms with Crippen LogP contribution < -0.4 is 5.32 Å². The minimum absolute atomic E-state index is 0.542. The minimum atomic E-state index is 0.542. The molecule has 1 fully saturated rings. The summed E-state index contributed by atoms with van der Waals surface area (Å²) < 4.78 is 5.36. The van der Waals surface area contributed by atoms with Gasteiger partial charge in [-0.15, -0.1) is 0 Å².